The van der Waals surface area contributed by atoms with Crippen LogP contribution in [0.15, 0.2) is 16.7 Å². The lowest BCUT2D eigenvalue weighted by Gasteiger charge is -2.24. The lowest BCUT2D eigenvalue weighted by Crippen LogP contribution is -2.33. The minimum Gasteiger partial charge on any atom is -0.373 e. The van der Waals surface area contributed by atoms with E-state index in [1.54, 1.807) is 0 Å². The van der Waals surface area contributed by atoms with Gasteiger partial charge < -0.3 is 10.1 Å². The predicted octanol–water partition coefficient (Wildman–Crippen LogP) is 3.84. The summed E-state index contributed by atoms with van der Waals surface area (Å²) in [5.41, 5.74) is -1.19. The average Bonchev–Trinajstić information content (AvgIpc) is 2.74. The summed E-state index contributed by atoms with van der Waals surface area (Å²) in [6, 6.07) is 1.02. The molecule has 2 heterocycles. The summed E-state index contributed by atoms with van der Waals surface area (Å²) in [6.07, 6.45) is -1.33. The molecule has 0 aliphatic carbocycles. The molecule has 0 spiro atoms. The number of hydrogen-bond acceptors (Lipinski definition) is 3. The van der Waals surface area contributed by atoms with Crippen LogP contribution < -0.4 is 5.32 Å². The van der Waals surface area contributed by atoms with Gasteiger partial charge in [-0.05, 0) is 41.8 Å². The summed E-state index contributed by atoms with van der Waals surface area (Å²) in [5.74, 6) is -0.160. The van der Waals surface area contributed by atoms with E-state index < -0.39 is 17.3 Å². The number of hydrogen-bond donors (Lipinski definition) is 1. The first kappa shape index (κ1) is 14.6. The van der Waals surface area contributed by atoms with Gasteiger partial charge in [0.15, 0.2) is 0 Å². The van der Waals surface area contributed by atoms with Crippen LogP contribution in [0.5, 0.6) is 0 Å². The minimum atomic E-state index is -4.43. The van der Waals surface area contributed by atoms with Gasteiger partial charge in [-0.15, -0.1) is 0 Å². The van der Waals surface area contributed by atoms with Crippen LogP contribution in [0.25, 0.3) is 0 Å². The number of anilines is 1. The van der Waals surface area contributed by atoms with Gasteiger partial charge in [0.1, 0.15) is 5.82 Å². The lowest BCUT2D eigenvalue weighted by molar-refractivity contribution is -0.137. The van der Waals surface area contributed by atoms with Crippen LogP contribution in [0, 0.1) is 0 Å². The smallest absolute Gasteiger partial charge is 0.373 e. The number of pyridine rings is 1. The Balaban J connectivity index is 2.16. The van der Waals surface area contributed by atoms with Crippen LogP contribution in [0.2, 0.25) is 0 Å². The zero-order chi connectivity index (χ0) is 14.1. The Hall–Kier alpha value is -0.820. The molecule has 1 N–H and O–H groups in total. The summed E-state index contributed by atoms with van der Waals surface area (Å²) >= 11 is 3.00. The highest BCUT2D eigenvalue weighted by atomic mass is 79.9. The van der Waals surface area contributed by atoms with E-state index in [2.05, 4.69) is 26.2 Å². The molecule has 0 aromatic carbocycles. The highest BCUT2D eigenvalue weighted by molar-refractivity contribution is 9.10. The first-order valence-electron chi connectivity index (χ1n) is 5.91. The average molecular weight is 339 g/mol. The van der Waals surface area contributed by atoms with Crippen molar-refractivity contribution < 1.29 is 17.9 Å². The highest BCUT2D eigenvalue weighted by Crippen LogP contribution is 2.36. The number of rotatable bonds is 3. The standard InChI is InChI=1S/C12H14BrF3N2O/c1-11(3-2-4-19-11)7-18-10-9(12(14,15)16)5-8(13)6-17-10/h5-6H,2-4,7H2,1H3,(H,17,18). The van der Waals surface area contributed by atoms with Crippen molar-refractivity contribution in [2.45, 2.75) is 31.5 Å². The van der Waals surface area contributed by atoms with Gasteiger partial charge in [0.25, 0.3) is 0 Å². The highest BCUT2D eigenvalue weighted by Gasteiger charge is 2.36. The maximum absolute atomic E-state index is 12.9. The van der Waals surface area contributed by atoms with Gasteiger partial charge in [0.2, 0.25) is 0 Å². The normalized spacial score (nSPS) is 23.6. The van der Waals surface area contributed by atoms with Crippen molar-refractivity contribution in [2.75, 3.05) is 18.5 Å². The maximum Gasteiger partial charge on any atom is 0.419 e. The number of nitrogens with one attached hydrogen (secondary N) is 1. The van der Waals surface area contributed by atoms with Gasteiger partial charge in [-0.2, -0.15) is 13.2 Å². The topological polar surface area (TPSA) is 34.2 Å². The van der Waals surface area contributed by atoms with Crippen molar-refractivity contribution in [3.05, 3.63) is 22.3 Å². The Bertz CT molecular complexity index is 459. The van der Waals surface area contributed by atoms with Gasteiger partial charge in [-0.1, -0.05) is 0 Å². The summed E-state index contributed by atoms with van der Waals surface area (Å²) in [4.78, 5) is 3.80. The fourth-order valence-electron chi connectivity index (χ4n) is 2.04. The largest absolute Gasteiger partial charge is 0.419 e. The first-order chi connectivity index (χ1) is 8.80. The zero-order valence-electron chi connectivity index (χ0n) is 10.4. The Morgan fingerprint density at radius 2 is 2.26 bits per heavy atom. The van der Waals surface area contributed by atoms with E-state index >= 15 is 0 Å². The number of halogens is 4. The van der Waals surface area contributed by atoms with E-state index in [0.717, 1.165) is 18.9 Å². The molecule has 19 heavy (non-hydrogen) atoms. The third-order valence-electron chi connectivity index (χ3n) is 3.09. The number of alkyl halides is 3. The predicted molar refractivity (Wildman–Crippen MR) is 69.0 cm³/mol. The van der Waals surface area contributed by atoms with E-state index in [-0.39, 0.29) is 5.82 Å². The monoisotopic (exact) mass is 338 g/mol. The molecule has 1 aromatic rings. The second-order valence-corrected chi connectivity index (χ2v) is 5.72. The van der Waals surface area contributed by atoms with E-state index in [4.69, 9.17) is 4.74 Å². The van der Waals surface area contributed by atoms with Crippen molar-refractivity contribution >= 4 is 21.7 Å². The number of ether oxygens (including phenoxy) is 1. The quantitative estimate of drug-likeness (QED) is 0.909. The van der Waals surface area contributed by atoms with Gasteiger partial charge in [-0.3, -0.25) is 0 Å². The van der Waals surface area contributed by atoms with Crippen LogP contribution in [-0.2, 0) is 10.9 Å². The fourth-order valence-corrected chi connectivity index (χ4v) is 2.37. The van der Waals surface area contributed by atoms with Crippen LogP contribution in [-0.4, -0.2) is 23.7 Å². The minimum absolute atomic E-state index is 0.160. The Morgan fingerprint density at radius 3 is 2.84 bits per heavy atom. The molecule has 1 atom stereocenters. The van der Waals surface area contributed by atoms with Crippen molar-refractivity contribution in [1.82, 2.24) is 4.98 Å². The molecule has 1 aromatic heterocycles. The van der Waals surface area contributed by atoms with E-state index in [0.29, 0.717) is 17.6 Å². The summed E-state index contributed by atoms with van der Waals surface area (Å²) < 4.78 is 44.5. The molecule has 3 nitrogen and oxygen atoms in total. The molecular formula is C12H14BrF3N2O. The van der Waals surface area contributed by atoms with Crippen molar-refractivity contribution in [1.29, 1.82) is 0 Å². The van der Waals surface area contributed by atoms with Gasteiger partial charge in [-0.25, -0.2) is 4.98 Å². The van der Waals surface area contributed by atoms with Crippen molar-refractivity contribution in [3.8, 4) is 0 Å². The van der Waals surface area contributed by atoms with Crippen molar-refractivity contribution in [2.24, 2.45) is 0 Å². The summed E-state index contributed by atoms with van der Waals surface area (Å²) in [5, 5.41) is 2.75. The molecule has 0 amide bonds. The maximum atomic E-state index is 12.9. The molecule has 1 fully saturated rings. The van der Waals surface area contributed by atoms with Gasteiger partial charge in [0, 0.05) is 23.8 Å². The van der Waals surface area contributed by atoms with Gasteiger partial charge in [0.05, 0.1) is 11.2 Å². The molecule has 0 radical (unpaired) electrons. The molecule has 1 saturated heterocycles. The molecule has 1 unspecified atom stereocenters. The number of nitrogens with zero attached hydrogens (tertiary/aromatic N) is 1. The Morgan fingerprint density at radius 1 is 1.53 bits per heavy atom. The van der Waals surface area contributed by atoms with Crippen molar-refractivity contribution in [3.63, 3.8) is 0 Å². The summed E-state index contributed by atoms with van der Waals surface area (Å²) in [6.45, 7) is 2.85. The molecule has 1 aliphatic heterocycles. The second-order valence-electron chi connectivity index (χ2n) is 4.80. The molecule has 106 valence electrons. The van der Waals surface area contributed by atoms with Gasteiger partial charge >= 0.3 is 6.18 Å². The van der Waals surface area contributed by atoms with E-state index in [1.165, 1.54) is 6.20 Å². The summed E-state index contributed by atoms with van der Waals surface area (Å²) in [7, 11) is 0. The van der Waals surface area contributed by atoms with Crippen LogP contribution in [0.1, 0.15) is 25.3 Å². The fraction of sp³-hybridized carbons (Fsp3) is 0.583. The van der Waals surface area contributed by atoms with Crippen LogP contribution >= 0.6 is 15.9 Å². The molecule has 0 saturated carbocycles. The van der Waals surface area contributed by atoms with Crippen LogP contribution in [0.4, 0.5) is 19.0 Å². The lowest BCUT2D eigenvalue weighted by atomic mass is 10.0. The Kier molecular flexibility index (Phi) is 4.06. The van der Waals surface area contributed by atoms with Crippen LogP contribution in [0.3, 0.4) is 0 Å². The van der Waals surface area contributed by atoms with E-state index in [1.807, 2.05) is 6.92 Å². The SMILES string of the molecule is CC1(CNc2ncc(Br)cc2C(F)(F)F)CCCO1. The molecule has 7 heteroatoms. The van der Waals surface area contributed by atoms with E-state index in [9.17, 15) is 13.2 Å². The molecular weight excluding hydrogens is 325 g/mol. The number of aromatic nitrogens is 1. The second kappa shape index (κ2) is 5.28. The third-order valence-corrected chi connectivity index (χ3v) is 3.52. The molecule has 0 bridgehead atoms. The molecule has 1 aliphatic rings. The zero-order valence-corrected chi connectivity index (χ0v) is 11.9. The molecule has 2 rings (SSSR count). The third kappa shape index (κ3) is 3.60. The Labute approximate surface area is 117 Å². The first-order valence-corrected chi connectivity index (χ1v) is 6.70.